The van der Waals surface area contributed by atoms with E-state index in [1.54, 1.807) is 42.5 Å². The van der Waals surface area contributed by atoms with Crippen molar-refractivity contribution in [1.29, 1.82) is 0 Å². The van der Waals surface area contributed by atoms with E-state index in [0.29, 0.717) is 39.8 Å². The van der Waals surface area contributed by atoms with Crippen LogP contribution in [0.5, 0.6) is 5.75 Å². The van der Waals surface area contributed by atoms with Gasteiger partial charge in [-0.05, 0) is 97.9 Å². The molecule has 6 unspecified atom stereocenters. The number of benzene rings is 2. The van der Waals surface area contributed by atoms with Crippen LogP contribution in [-0.4, -0.2) is 24.2 Å². The Labute approximate surface area is 203 Å². The summed E-state index contributed by atoms with van der Waals surface area (Å²) in [6.07, 6.45) is 7.49. The van der Waals surface area contributed by atoms with Crippen LogP contribution in [0, 0.1) is 42.4 Å². The fraction of sp³-hybridized carbons (Fsp3) is 0.393. The quantitative estimate of drug-likeness (QED) is 0.336. The predicted octanol–water partition coefficient (Wildman–Crippen LogP) is 5.25. The van der Waals surface area contributed by atoms with Crippen molar-refractivity contribution in [2.75, 3.05) is 11.5 Å². The van der Waals surface area contributed by atoms with Crippen LogP contribution in [0.25, 0.3) is 0 Å². The molecule has 6 heteroatoms. The summed E-state index contributed by atoms with van der Waals surface area (Å²) in [5, 5.41) is 0.617. The van der Waals surface area contributed by atoms with Crippen LogP contribution in [0.15, 0.2) is 54.6 Å². The molecule has 0 spiro atoms. The van der Waals surface area contributed by atoms with Crippen molar-refractivity contribution in [3.8, 4) is 5.75 Å². The first-order valence-corrected chi connectivity index (χ1v) is 12.4. The summed E-state index contributed by atoms with van der Waals surface area (Å²) in [4.78, 5) is 40.6. The highest BCUT2D eigenvalue weighted by molar-refractivity contribution is 6.31. The zero-order valence-electron chi connectivity index (χ0n) is 18.9. The van der Waals surface area contributed by atoms with Gasteiger partial charge in [0, 0.05) is 10.6 Å². The standard InChI is InChI=1S/C28H26ClNO4/c1-15-12-17(4-11-24(15)29)25(31)14-34-19-7-5-18(6-8-19)30-27(32)21-10-3-16-2-9-20(23-13-22(16)23)26(21)28(30)33/h2,4-9,11-12,16,20-23,26H,3,10,13-14H2,1H3. The number of allylic oxidation sites excluding steroid dienone is 2. The van der Waals surface area contributed by atoms with Crippen molar-refractivity contribution < 1.29 is 19.1 Å². The summed E-state index contributed by atoms with van der Waals surface area (Å²) in [6.45, 7) is 1.74. The molecule has 0 radical (unpaired) electrons. The molecule has 7 rings (SSSR count). The van der Waals surface area contributed by atoms with Crippen LogP contribution in [0.4, 0.5) is 5.69 Å². The second-order valence-electron chi connectivity index (χ2n) is 10.1. The number of Topliss-reactive ketones (excluding diaryl/α,β-unsaturated/α-hetero) is 1. The molecule has 1 aliphatic heterocycles. The number of imide groups is 1. The molecule has 5 nitrogen and oxygen atoms in total. The number of hydrogen-bond donors (Lipinski definition) is 0. The zero-order chi connectivity index (χ0) is 23.6. The molecular formula is C28H26ClNO4. The Morgan fingerprint density at radius 3 is 2.59 bits per heavy atom. The van der Waals surface area contributed by atoms with E-state index < -0.39 is 0 Å². The van der Waals surface area contributed by atoms with Gasteiger partial charge in [0.15, 0.2) is 12.4 Å². The second kappa shape index (κ2) is 8.09. The normalized spacial score (nSPS) is 31.1. The predicted molar refractivity (Wildman–Crippen MR) is 129 cm³/mol. The number of ketones is 1. The van der Waals surface area contributed by atoms with E-state index in [0.717, 1.165) is 18.4 Å². The van der Waals surface area contributed by atoms with E-state index >= 15 is 0 Å². The number of amides is 2. The van der Waals surface area contributed by atoms with Crippen molar-refractivity contribution >= 4 is 34.9 Å². The van der Waals surface area contributed by atoms with Crippen LogP contribution in [0.2, 0.25) is 5.02 Å². The minimum absolute atomic E-state index is 0.0717. The van der Waals surface area contributed by atoms with Gasteiger partial charge in [0.05, 0.1) is 17.5 Å². The third-order valence-electron chi connectivity index (χ3n) is 8.16. The lowest BCUT2D eigenvalue weighted by Gasteiger charge is -2.32. The average molecular weight is 476 g/mol. The summed E-state index contributed by atoms with van der Waals surface area (Å²) < 4.78 is 5.67. The fourth-order valence-corrected chi connectivity index (χ4v) is 6.39. The van der Waals surface area contributed by atoms with Crippen molar-refractivity contribution in [2.24, 2.45) is 35.5 Å². The number of halogens is 1. The Balaban J connectivity index is 1.16. The molecule has 0 aromatic heterocycles. The summed E-state index contributed by atoms with van der Waals surface area (Å²) in [5.41, 5.74) is 1.95. The number of ether oxygens (including phenoxy) is 1. The molecule has 2 amide bonds. The molecule has 4 aliphatic carbocycles. The Hall–Kier alpha value is -2.92. The number of carbonyl (C=O) groups is 3. The van der Waals surface area contributed by atoms with E-state index in [1.165, 1.54) is 11.3 Å². The van der Waals surface area contributed by atoms with E-state index in [1.807, 2.05) is 6.92 Å². The molecule has 2 bridgehead atoms. The minimum atomic E-state index is -0.239. The topological polar surface area (TPSA) is 63.7 Å². The highest BCUT2D eigenvalue weighted by Gasteiger charge is 2.59. The number of fused-ring (bicyclic) bond motifs is 1. The maximum absolute atomic E-state index is 13.5. The van der Waals surface area contributed by atoms with Crippen LogP contribution in [0.3, 0.4) is 0 Å². The van der Waals surface area contributed by atoms with Crippen LogP contribution in [-0.2, 0) is 9.59 Å². The first kappa shape index (κ1) is 21.6. The van der Waals surface area contributed by atoms with Gasteiger partial charge in [-0.3, -0.25) is 19.3 Å². The maximum atomic E-state index is 13.5. The summed E-state index contributed by atoms with van der Waals surface area (Å²) in [6, 6.07) is 12.0. The van der Waals surface area contributed by atoms with Crippen molar-refractivity contribution in [3.05, 3.63) is 70.8 Å². The summed E-state index contributed by atoms with van der Waals surface area (Å²) in [7, 11) is 0. The fourth-order valence-electron chi connectivity index (χ4n) is 6.28. The number of hydrogen-bond acceptors (Lipinski definition) is 4. The van der Waals surface area contributed by atoms with Gasteiger partial charge >= 0.3 is 0 Å². The Bertz CT molecular complexity index is 1220. The molecule has 6 atom stereocenters. The molecule has 2 aromatic carbocycles. The van der Waals surface area contributed by atoms with Gasteiger partial charge in [0.1, 0.15) is 5.75 Å². The third-order valence-corrected chi connectivity index (χ3v) is 8.59. The number of carbonyl (C=O) groups excluding carboxylic acids is 3. The first-order chi connectivity index (χ1) is 16.4. The van der Waals surface area contributed by atoms with Gasteiger partial charge in [-0.15, -0.1) is 0 Å². The SMILES string of the molecule is Cc1cc(C(=O)COc2ccc(N3C(=O)C4CCC5C=CC(C6CC56)C4C3=O)cc2)ccc1Cl. The van der Waals surface area contributed by atoms with Crippen molar-refractivity contribution in [1.82, 2.24) is 0 Å². The maximum Gasteiger partial charge on any atom is 0.238 e. The Morgan fingerprint density at radius 1 is 1.03 bits per heavy atom. The lowest BCUT2D eigenvalue weighted by atomic mass is 9.70. The van der Waals surface area contributed by atoms with Crippen LogP contribution in [0.1, 0.15) is 35.2 Å². The van der Waals surface area contributed by atoms with Gasteiger partial charge < -0.3 is 4.74 Å². The molecular weight excluding hydrogens is 450 g/mol. The molecule has 0 N–H and O–H groups in total. The second-order valence-corrected chi connectivity index (χ2v) is 10.5. The van der Waals surface area contributed by atoms with Gasteiger partial charge in [0.2, 0.25) is 11.8 Å². The van der Waals surface area contributed by atoms with Gasteiger partial charge in [-0.25, -0.2) is 0 Å². The molecule has 174 valence electrons. The van der Waals surface area contributed by atoms with Crippen molar-refractivity contribution in [3.63, 3.8) is 0 Å². The lowest BCUT2D eigenvalue weighted by Crippen LogP contribution is -2.33. The number of aryl methyl sites for hydroxylation is 1. The van der Waals surface area contributed by atoms with E-state index in [9.17, 15) is 14.4 Å². The largest absolute Gasteiger partial charge is 0.485 e. The Morgan fingerprint density at radius 2 is 1.82 bits per heavy atom. The van der Waals surface area contributed by atoms with Crippen LogP contribution >= 0.6 is 11.6 Å². The third kappa shape index (κ3) is 3.49. The van der Waals surface area contributed by atoms with Crippen molar-refractivity contribution in [2.45, 2.75) is 26.2 Å². The highest BCUT2D eigenvalue weighted by atomic mass is 35.5. The zero-order valence-corrected chi connectivity index (χ0v) is 19.7. The van der Waals surface area contributed by atoms with Gasteiger partial charge in [-0.1, -0.05) is 23.8 Å². The van der Waals surface area contributed by atoms with Crippen LogP contribution < -0.4 is 9.64 Å². The highest BCUT2D eigenvalue weighted by Crippen LogP contribution is 2.60. The Kier molecular flexibility index (Phi) is 5.14. The van der Waals surface area contributed by atoms with Gasteiger partial charge in [-0.2, -0.15) is 0 Å². The minimum Gasteiger partial charge on any atom is -0.485 e. The monoisotopic (exact) mass is 475 g/mol. The molecule has 1 heterocycles. The van der Waals surface area contributed by atoms with E-state index in [2.05, 4.69) is 12.2 Å². The molecule has 1 saturated heterocycles. The number of nitrogens with zero attached hydrogens (tertiary/aromatic N) is 1. The molecule has 2 saturated carbocycles. The van der Waals surface area contributed by atoms with E-state index in [-0.39, 0.29) is 42.0 Å². The average Bonchev–Trinajstić information content (AvgIpc) is 3.57. The molecule has 5 aliphatic rings. The smallest absolute Gasteiger partial charge is 0.238 e. The summed E-state index contributed by atoms with van der Waals surface area (Å²) >= 11 is 6.03. The first-order valence-electron chi connectivity index (χ1n) is 12.0. The molecule has 3 fully saturated rings. The van der Waals surface area contributed by atoms with E-state index in [4.69, 9.17) is 16.3 Å². The molecule has 34 heavy (non-hydrogen) atoms. The molecule has 2 aromatic rings. The van der Waals surface area contributed by atoms with Gasteiger partial charge in [0.25, 0.3) is 0 Å². The number of anilines is 1. The lowest BCUT2D eigenvalue weighted by molar-refractivity contribution is -0.122. The number of rotatable bonds is 5. The summed E-state index contributed by atoms with van der Waals surface area (Å²) in [5.74, 6) is 1.81.